The molecule has 0 fully saturated rings. The molecule has 1 unspecified atom stereocenters. The fraction of sp³-hybridized carbons (Fsp3) is 0.0526. The van der Waals surface area contributed by atoms with E-state index in [1.807, 2.05) is 0 Å². The molecule has 0 saturated heterocycles. The Kier molecular flexibility index (Phi) is 5.98. The van der Waals surface area contributed by atoms with Crippen LogP contribution in [0.1, 0.15) is 16.7 Å². The zero-order valence-corrected chi connectivity index (χ0v) is 18.1. The van der Waals surface area contributed by atoms with Gasteiger partial charge in [-0.1, -0.05) is 76.7 Å². The first-order chi connectivity index (χ1) is 13.5. The first-order valence-corrected chi connectivity index (χ1v) is 10.8. The van der Waals surface area contributed by atoms with Gasteiger partial charge in [-0.3, -0.25) is 4.55 Å². The number of aromatic hydroxyl groups is 2. The van der Waals surface area contributed by atoms with Crippen LogP contribution in [0.2, 0.25) is 20.1 Å². The van der Waals surface area contributed by atoms with Crippen molar-refractivity contribution in [1.29, 1.82) is 0 Å². The summed E-state index contributed by atoms with van der Waals surface area (Å²) >= 11 is 24.6. The van der Waals surface area contributed by atoms with Gasteiger partial charge in [-0.2, -0.15) is 8.42 Å². The topological polar surface area (TPSA) is 94.8 Å². The third kappa shape index (κ3) is 3.65. The molecule has 0 spiro atoms. The molecule has 29 heavy (non-hydrogen) atoms. The van der Waals surface area contributed by atoms with Crippen molar-refractivity contribution in [2.45, 2.75) is 4.75 Å². The normalized spacial score (nSPS) is 13.8. The summed E-state index contributed by atoms with van der Waals surface area (Å²) in [6.07, 6.45) is 0. The Hall–Kier alpha value is -1.67. The average Bonchev–Trinajstić information content (AvgIpc) is 2.63. The highest BCUT2D eigenvalue weighted by Gasteiger charge is 2.52. The first-order valence-electron chi connectivity index (χ1n) is 7.89. The van der Waals surface area contributed by atoms with Gasteiger partial charge < -0.3 is 10.2 Å². The predicted octanol–water partition coefficient (Wildman–Crippen LogP) is 5.89. The van der Waals surface area contributed by atoms with Gasteiger partial charge in [0.2, 0.25) is 0 Å². The largest absolute Gasteiger partial charge is 0.504 e. The Morgan fingerprint density at radius 2 is 1.34 bits per heavy atom. The van der Waals surface area contributed by atoms with Crippen LogP contribution in [0.5, 0.6) is 11.5 Å². The summed E-state index contributed by atoms with van der Waals surface area (Å²) in [6, 6.07) is 12.1. The van der Waals surface area contributed by atoms with Gasteiger partial charge in [-0.15, -0.1) is 0 Å². The van der Waals surface area contributed by atoms with E-state index in [9.17, 15) is 23.2 Å². The van der Waals surface area contributed by atoms with Crippen LogP contribution in [-0.2, 0) is 14.9 Å². The van der Waals surface area contributed by atoms with Crippen LogP contribution in [0, 0.1) is 0 Å². The maximum atomic E-state index is 13.0. The molecular formula is C19H12Cl4O5S. The van der Waals surface area contributed by atoms with Crippen molar-refractivity contribution in [3.8, 4) is 11.5 Å². The van der Waals surface area contributed by atoms with Crippen molar-refractivity contribution in [3.05, 3.63) is 91.4 Å². The Bertz CT molecular complexity index is 1140. The van der Waals surface area contributed by atoms with Crippen LogP contribution in [0.15, 0.2) is 54.6 Å². The van der Waals surface area contributed by atoms with Crippen LogP contribution < -0.4 is 0 Å². The van der Waals surface area contributed by atoms with Gasteiger partial charge in [0.25, 0.3) is 10.1 Å². The quantitative estimate of drug-likeness (QED) is 0.182. The van der Waals surface area contributed by atoms with Crippen LogP contribution >= 0.6 is 46.4 Å². The van der Waals surface area contributed by atoms with Gasteiger partial charge >= 0.3 is 0 Å². The van der Waals surface area contributed by atoms with Gasteiger partial charge in [0.15, 0.2) is 16.2 Å². The molecule has 0 aliphatic carbocycles. The van der Waals surface area contributed by atoms with E-state index < -0.39 is 31.9 Å². The smallest absolute Gasteiger partial charge is 0.283 e. The standard InChI is InChI=1S/C19H12Cl4O5S/c20-11-6-13(17(23)15(22)8-11)19(29(26,27)28,10-4-2-1-3-5-10)14-7-12(21)9-16(24)18(14)25/h1-9,24-25H,(H,26,27,28). The number of halogens is 4. The number of hydrogen-bond donors (Lipinski definition) is 3. The van der Waals surface area contributed by atoms with Crippen molar-refractivity contribution in [2.24, 2.45) is 0 Å². The van der Waals surface area contributed by atoms with Crippen molar-refractivity contribution in [2.75, 3.05) is 0 Å². The summed E-state index contributed by atoms with van der Waals surface area (Å²) in [5, 5.41) is 20.3. The minimum absolute atomic E-state index is 0.000278. The molecule has 3 aromatic carbocycles. The highest BCUT2D eigenvalue weighted by atomic mass is 35.5. The van der Waals surface area contributed by atoms with Crippen LogP contribution in [0.4, 0.5) is 0 Å². The summed E-state index contributed by atoms with van der Waals surface area (Å²) in [6.45, 7) is 0. The third-order valence-corrected chi connectivity index (χ3v) is 7.06. The lowest BCUT2D eigenvalue weighted by Crippen LogP contribution is -2.38. The molecule has 3 N–H and O–H groups in total. The van der Waals surface area contributed by atoms with E-state index in [-0.39, 0.29) is 31.2 Å². The fourth-order valence-corrected chi connectivity index (χ4v) is 5.54. The third-order valence-electron chi connectivity index (χ3n) is 4.37. The molecule has 1 atom stereocenters. The van der Waals surface area contributed by atoms with Crippen molar-refractivity contribution in [1.82, 2.24) is 0 Å². The molecule has 152 valence electrons. The lowest BCUT2D eigenvalue weighted by molar-refractivity contribution is 0.394. The highest BCUT2D eigenvalue weighted by molar-refractivity contribution is 7.87. The van der Waals surface area contributed by atoms with E-state index in [0.717, 1.165) is 12.1 Å². The molecule has 0 aliphatic heterocycles. The first kappa shape index (κ1) is 22.0. The monoisotopic (exact) mass is 492 g/mol. The fourth-order valence-electron chi connectivity index (χ4n) is 3.22. The predicted molar refractivity (Wildman–Crippen MR) is 114 cm³/mol. The Balaban J connectivity index is 2.66. The van der Waals surface area contributed by atoms with Crippen LogP contribution in [0.3, 0.4) is 0 Å². The molecule has 10 heteroatoms. The second-order valence-electron chi connectivity index (χ2n) is 6.09. The highest BCUT2D eigenvalue weighted by Crippen LogP contribution is 2.53. The minimum atomic E-state index is -5.13. The molecular weight excluding hydrogens is 482 g/mol. The van der Waals surface area contributed by atoms with Gasteiger partial charge in [0.05, 0.1) is 10.0 Å². The molecule has 0 amide bonds. The van der Waals surface area contributed by atoms with Gasteiger partial charge in [0.1, 0.15) is 0 Å². The van der Waals surface area contributed by atoms with Crippen molar-refractivity contribution < 1.29 is 23.2 Å². The number of phenols is 2. The van der Waals surface area contributed by atoms with Gasteiger partial charge in [-0.05, 0) is 23.8 Å². The van der Waals surface area contributed by atoms with Crippen molar-refractivity contribution >= 4 is 56.5 Å². The van der Waals surface area contributed by atoms with Gasteiger partial charge in [-0.25, -0.2) is 0 Å². The summed E-state index contributed by atoms with van der Waals surface area (Å²) in [4.78, 5) is 0. The van der Waals surface area contributed by atoms with Gasteiger partial charge in [0, 0.05) is 27.2 Å². The Morgan fingerprint density at radius 1 is 0.793 bits per heavy atom. The molecule has 0 aliphatic rings. The summed E-state index contributed by atoms with van der Waals surface area (Å²) in [5.74, 6) is -1.51. The summed E-state index contributed by atoms with van der Waals surface area (Å²) in [7, 11) is -5.13. The zero-order chi connectivity index (χ0) is 21.6. The van der Waals surface area contributed by atoms with E-state index in [1.54, 1.807) is 6.07 Å². The molecule has 3 rings (SSSR count). The molecule has 5 nitrogen and oxygen atoms in total. The van der Waals surface area contributed by atoms with Crippen LogP contribution in [0.25, 0.3) is 0 Å². The number of benzene rings is 3. The minimum Gasteiger partial charge on any atom is -0.504 e. The molecule has 0 radical (unpaired) electrons. The second-order valence-corrected chi connectivity index (χ2v) is 9.31. The van der Waals surface area contributed by atoms with E-state index in [4.69, 9.17) is 46.4 Å². The molecule has 0 bridgehead atoms. The van der Waals surface area contributed by atoms with E-state index in [0.29, 0.717) is 0 Å². The lowest BCUT2D eigenvalue weighted by Gasteiger charge is -2.34. The maximum Gasteiger partial charge on any atom is 0.283 e. The Labute approximate surface area is 186 Å². The van der Waals surface area contributed by atoms with Crippen LogP contribution in [-0.4, -0.2) is 23.2 Å². The number of phenolic OH excluding ortho intramolecular Hbond substituents is 2. The summed E-state index contributed by atoms with van der Waals surface area (Å²) < 4.78 is 33.9. The lowest BCUT2D eigenvalue weighted by atomic mass is 9.83. The SMILES string of the molecule is O=S(=O)(O)C(c1ccccc1)(c1cc(Cl)cc(O)c1O)c1cc(Cl)cc(Cl)c1Cl. The van der Waals surface area contributed by atoms with E-state index >= 15 is 0 Å². The van der Waals surface area contributed by atoms with E-state index in [2.05, 4.69) is 0 Å². The molecule has 0 aromatic heterocycles. The maximum absolute atomic E-state index is 13.0. The number of hydrogen-bond acceptors (Lipinski definition) is 4. The molecule has 0 heterocycles. The second kappa shape index (κ2) is 7.87. The molecule has 0 saturated carbocycles. The zero-order valence-electron chi connectivity index (χ0n) is 14.3. The van der Waals surface area contributed by atoms with Crippen molar-refractivity contribution in [3.63, 3.8) is 0 Å². The number of rotatable bonds is 4. The average molecular weight is 494 g/mol. The van der Waals surface area contributed by atoms with E-state index in [1.165, 1.54) is 36.4 Å². The Morgan fingerprint density at radius 3 is 1.93 bits per heavy atom. The molecule has 3 aromatic rings. The summed E-state index contributed by atoms with van der Waals surface area (Å²) in [5.41, 5.74) is -0.668.